The zero-order valence-corrected chi connectivity index (χ0v) is 19.0. The molecule has 3 N–H and O–H groups in total. The number of carbonyl (C=O) groups is 1. The summed E-state index contributed by atoms with van der Waals surface area (Å²) in [4.78, 5) is 21.6. The third-order valence-electron chi connectivity index (χ3n) is 5.44. The molecule has 7 heteroatoms. The van der Waals surface area contributed by atoms with E-state index < -0.39 is 0 Å². The van der Waals surface area contributed by atoms with Crippen molar-refractivity contribution in [2.24, 2.45) is 10.7 Å². The lowest BCUT2D eigenvalue weighted by Crippen LogP contribution is -2.17. The summed E-state index contributed by atoms with van der Waals surface area (Å²) in [5, 5.41) is 3.00. The first-order valence-electron chi connectivity index (χ1n) is 11.0. The molecule has 0 spiro atoms. The number of hydrogen-bond donors (Lipinski definition) is 2. The number of anilines is 1. The van der Waals surface area contributed by atoms with Gasteiger partial charge in [-0.1, -0.05) is 48.5 Å². The van der Waals surface area contributed by atoms with Crippen molar-refractivity contribution in [2.75, 3.05) is 25.6 Å². The van der Waals surface area contributed by atoms with Crippen LogP contribution < -0.4 is 11.1 Å². The van der Waals surface area contributed by atoms with Crippen LogP contribution in [0.3, 0.4) is 0 Å². The Labute approximate surface area is 198 Å². The maximum atomic E-state index is 13.0. The lowest BCUT2D eigenvalue weighted by atomic mass is 10.0. The van der Waals surface area contributed by atoms with Crippen LogP contribution in [0.5, 0.6) is 0 Å². The highest BCUT2D eigenvalue weighted by Gasteiger charge is 2.14. The van der Waals surface area contributed by atoms with Crippen LogP contribution in [0.2, 0.25) is 0 Å². The van der Waals surface area contributed by atoms with Crippen LogP contribution in [0.15, 0.2) is 90.4 Å². The first-order chi connectivity index (χ1) is 16.7. The average molecular weight is 454 g/mol. The molecule has 0 atom stereocenters. The fourth-order valence-corrected chi connectivity index (χ4v) is 3.73. The molecule has 0 radical (unpaired) electrons. The van der Waals surface area contributed by atoms with Crippen LogP contribution in [0.4, 0.5) is 5.69 Å². The van der Waals surface area contributed by atoms with Gasteiger partial charge in [0.1, 0.15) is 0 Å². The van der Waals surface area contributed by atoms with Crippen LogP contribution in [0, 0.1) is 0 Å². The molecule has 0 fully saturated rings. The van der Waals surface area contributed by atoms with Gasteiger partial charge in [0.25, 0.3) is 0 Å². The molecule has 0 saturated heterocycles. The number of nitrogens with two attached hydrogens (primary N) is 1. The Hall–Kier alpha value is -4.23. The summed E-state index contributed by atoms with van der Waals surface area (Å²) in [6.45, 7) is 1.12. The SMILES string of the molecule is COCCN=CC(=CN)c1ccc(NC(=O)Cc2c(-c3ccccc3)ccc3cncn23)cc1. The van der Waals surface area contributed by atoms with Gasteiger partial charge in [0, 0.05) is 42.0 Å². The van der Waals surface area contributed by atoms with Crippen molar-refractivity contribution >= 4 is 28.9 Å². The number of rotatable bonds is 9. The molecule has 0 aliphatic heterocycles. The van der Waals surface area contributed by atoms with Crippen LogP contribution in [0.25, 0.3) is 22.2 Å². The molecule has 0 unspecified atom stereocenters. The van der Waals surface area contributed by atoms with Crippen molar-refractivity contribution in [1.82, 2.24) is 9.38 Å². The summed E-state index contributed by atoms with van der Waals surface area (Å²) in [6, 6.07) is 21.6. The number of hydrogen-bond acceptors (Lipinski definition) is 5. The number of nitrogens with one attached hydrogen (secondary N) is 1. The second kappa shape index (κ2) is 11.1. The highest BCUT2D eigenvalue weighted by atomic mass is 16.5. The standard InChI is InChI=1S/C27H27N5O2/c1-34-14-13-29-17-22(16-28)20-7-9-23(10-8-20)31-27(33)15-26-25(21-5-3-2-4-6-21)12-11-24-18-30-19-32(24)26/h2-12,16-19H,13-15,28H2,1H3,(H,31,33). The van der Waals surface area contributed by atoms with E-state index in [0.717, 1.165) is 33.5 Å². The molecular formula is C27H27N5O2. The van der Waals surface area contributed by atoms with Gasteiger partial charge in [0.15, 0.2) is 0 Å². The Balaban J connectivity index is 1.50. The minimum Gasteiger partial charge on any atom is -0.404 e. The van der Waals surface area contributed by atoms with Gasteiger partial charge >= 0.3 is 0 Å². The average Bonchev–Trinajstić information content (AvgIpc) is 3.35. The lowest BCUT2D eigenvalue weighted by Gasteiger charge is -2.13. The third-order valence-corrected chi connectivity index (χ3v) is 5.44. The number of nitrogens with zero attached hydrogens (tertiary/aromatic N) is 3. The van der Waals surface area contributed by atoms with Gasteiger partial charge in [0.2, 0.25) is 5.91 Å². The van der Waals surface area contributed by atoms with Gasteiger partial charge in [0.05, 0.1) is 37.6 Å². The molecular weight excluding hydrogens is 426 g/mol. The maximum absolute atomic E-state index is 13.0. The maximum Gasteiger partial charge on any atom is 0.230 e. The normalized spacial score (nSPS) is 11.9. The number of aliphatic imine (C=N–C) groups is 1. The molecule has 0 aliphatic rings. The first kappa shape index (κ1) is 22.9. The zero-order valence-electron chi connectivity index (χ0n) is 19.0. The van der Waals surface area contributed by atoms with Gasteiger partial charge < -0.3 is 20.2 Å². The topological polar surface area (TPSA) is 94.0 Å². The predicted molar refractivity (Wildman–Crippen MR) is 137 cm³/mol. The molecule has 0 aliphatic carbocycles. The third kappa shape index (κ3) is 5.39. The van der Waals surface area contributed by atoms with Crippen molar-refractivity contribution in [2.45, 2.75) is 6.42 Å². The minimum absolute atomic E-state index is 0.109. The number of ether oxygens (including phenoxy) is 1. The Morgan fingerprint density at radius 1 is 1.12 bits per heavy atom. The van der Waals surface area contributed by atoms with E-state index in [-0.39, 0.29) is 12.3 Å². The van der Waals surface area contributed by atoms with E-state index in [0.29, 0.717) is 18.8 Å². The summed E-state index contributed by atoms with van der Waals surface area (Å²) in [5.74, 6) is -0.109. The number of benzene rings is 2. The summed E-state index contributed by atoms with van der Waals surface area (Å²) in [5.41, 5.74) is 12.1. The van der Waals surface area contributed by atoms with E-state index in [4.69, 9.17) is 10.5 Å². The number of carbonyl (C=O) groups excluding carboxylic acids is 1. The highest BCUT2D eigenvalue weighted by molar-refractivity contribution is 6.09. The number of aromatic nitrogens is 2. The largest absolute Gasteiger partial charge is 0.404 e. The predicted octanol–water partition coefficient (Wildman–Crippen LogP) is 4.20. The van der Waals surface area contributed by atoms with Gasteiger partial charge in [-0.25, -0.2) is 4.98 Å². The summed E-state index contributed by atoms with van der Waals surface area (Å²) in [7, 11) is 1.64. The number of amides is 1. The molecule has 0 saturated carbocycles. The van der Waals surface area contributed by atoms with Crippen LogP contribution in [-0.4, -0.2) is 41.8 Å². The van der Waals surface area contributed by atoms with Gasteiger partial charge in [-0.05, 0) is 29.3 Å². The Morgan fingerprint density at radius 3 is 2.65 bits per heavy atom. The van der Waals surface area contributed by atoms with E-state index in [1.54, 1.807) is 25.8 Å². The van der Waals surface area contributed by atoms with E-state index in [1.165, 1.54) is 6.20 Å². The summed E-state index contributed by atoms with van der Waals surface area (Å²) >= 11 is 0. The fourth-order valence-electron chi connectivity index (χ4n) is 3.73. The van der Waals surface area contributed by atoms with Crippen LogP contribution >= 0.6 is 0 Å². The Morgan fingerprint density at radius 2 is 1.91 bits per heavy atom. The molecule has 34 heavy (non-hydrogen) atoms. The number of pyridine rings is 1. The van der Waals surface area contributed by atoms with Crippen molar-refractivity contribution in [3.05, 3.63) is 96.7 Å². The second-order valence-electron chi connectivity index (χ2n) is 7.70. The molecule has 2 aromatic carbocycles. The fraction of sp³-hybridized carbons (Fsp3) is 0.148. The molecule has 7 nitrogen and oxygen atoms in total. The Bertz CT molecular complexity index is 1310. The second-order valence-corrected chi connectivity index (χ2v) is 7.70. The highest BCUT2D eigenvalue weighted by Crippen LogP contribution is 2.26. The van der Waals surface area contributed by atoms with E-state index in [2.05, 4.69) is 15.3 Å². The number of fused-ring (bicyclic) bond motifs is 1. The van der Waals surface area contributed by atoms with Crippen molar-refractivity contribution in [3.8, 4) is 11.1 Å². The summed E-state index contributed by atoms with van der Waals surface area (Å²) < 4.78 is 6.96. The number of imidazole rings is 1. The number of methoxy groups -OCH3 is 1. The van der Waals surface area contributed by atoms with E-state index in [1.807, 2.05) is 71.1 Å². The molecule has 0 bridgehead atoms. The van der Waals surface area contributed by atoms with Crippen LogP contribution in [-0.2, 0) is 16.0 Å². The monoisotopic (exact) mass is 453 g/mol. The molecule has 2 aromatic heterocycles. The lowest BCUT2D eigenvalue weighted by molar-refractivity contribution is -0.115. The van der Waals surface area contributed by atoms with Crippen molar-refractivity contribution in [1.29, 1.82) is 0 Å². The van der Waals surface area contributed by atoms with Crippen molar-refractivity contribution < 1.29 is 9.53 Å². The Kier molecular flexibility index (Phi) is 7.47. The smallest absolute Gasteiger partial charge is 0.230 e. The van der Waals surface area contributed by atoms with Gasteiger partial charge in [-0.15, -0.1) is 0 Å². The summed E-state index contributed by atoms with van der Waals surface area (Å²) in [6.07, 6.45) is 6.98. The van der Waals surface area contributed by atoms with E-state index >= 15 is 0 Å². The van der Waals surface area contributed by atoms with Crippen molar-refractivity contribution in [3.63, 3.8) is 0 Å². The van der Waals surface area contributed by atoms with E-state index in [9.17, 15) is 4.79 Å². The molecule has 172 valence electrons. The van der Waals surface area contributed by atoms with Crippen LogP contribution in [0.1, 0.15) is 11.3 Å². The molecule has 4 rings (SSSR count). The first-order valence-corrected chi connectivity index (χ1v) is 11.0. The minimum atomic E-state index is -0.109. The molecule has 1 amide bonds. The molecule has 2 heterocycles. The zero-order chi connectivity index (χ0) is 23.8. The number of allylic oxidation sites excluding steroid dienone is 1. The molecule has 4 aromatic rings. The van der Waals surface area contributed by atoms with Gasteiger partial charge in [-0.3, -0.25) is 9.79 Å². The quantitative estimate of drug-likeness (QED) is 0.293. The van der Waals surface area contributed by atoms with Gasteiger partial charge in [-0.2, -0.15) is 0 Å².